The van der Waals surface area contributed by atoms with Crippen LogP contribution in [0, 0.1) is 0 Å². The minimum atomic E-state index is -1.14. The number of aliphatic hydroxyl groups excluding tert-OH is 1. The van der Waals surface area contributed by atoms with Crippen LogP contribution in [0.2, 0.25) is 0 Å². The number of hydrogen-bond acceptors (Lipinski definition) is 8. The van der Waals surface area contributed by atoms with Crippen molar-refractivity contribution in [2.75, 3.05) is 13.1 Å². The van der Waals surface area contributed by atoms with Crippen LogP contribution in [0.4, 0.5) is 5.82 Å². The molecule has 1 aliphatic rings. The van der Waals surface area contributed by atoms with Crippen LogP contribution in [0.5, 0.6) is 0 Å². The van der Waals surface area contributed by atoms with E-state index in [0.29, 0.717) is 18.9 Å². The monoisotopic (exact) mass is 531 g/mol. The summed E-state index contributed by atoms with van der Waals surface area (Å²) in [6.07, 6.45) is 4.99. The predicted molar refractivity (Wildman–Crippen MR) is 157 cm³/mol. The van der Waals surface area contributed by atoms with Gasteiger partial charge in [0.25, 0.3) is 0 Å². The predicted octanol–water partition coefficient (Wildman–Crippen LogP) is 5.47. The molecule has 5 rings (SSSR count). The van der Waals surface area contributed by atoms with Gasteiger partial charge in [-0.25, -0.2) is 0 Å². The van der Waals surface area contributed by atoms with E-state index in [4.69, 9.17) is 5.10 Å². The molecule has 202 valence electrons. The Labute approximate surface area is 234 Å². The van der Waals surface area contributed by atoms with Gasteiger partial charge in [-0.15, -0.1) is 15.3 Å². The summed E-state index contributed by atoms with van der Waals surface area (Å²) in [5.74, 6) is -0.755. The number of nitrogens with zero attached hydrogens (tertiary/aromatic N) is 6. The third kappa shape index (κ3) is 5.32. The summed E-state index contributed by atoms with van der Waals surface area (Å²) in [7, 11) is 0. The van der Waals surface area contributed by atoms with E-state index in [-0.39, 0.29) is 0 Å². The number of aromatic nitrogens is 2. The molecule has 4 aromatic rings. The zero-order valence-corrected chi connectivity index (χ0v) is 22.7. The summed E-state index contributed by atoms with van der Waals surface area (Å²) in [4.78, 5) is 1.99. The number of nitrogens with one attached hydrogen (secondary N) is 1. The Hall–Kier alpha value is -4.53. The number of azo groups is 1. The number of hydrazone groups is 1. The lowest BCUT2D eigenvalue weighted by Crippen LogP contribution is -2.58. The number of rotatable bonds is 10. The topological polar surface area (TPSA) is 98.4 Å². The Morgan fingerprint density at radius 2 is 1.45 bits per heavy atom. The van der Waals surface area contributed by atoms with Crippen LogP contribution in [0.1, 0.15) is 30.5 Å². The maximum absolute atomic E-state index is 10.3. The van der Waals surface area contributed by atoms with E-state index in [0.717, 1.165) is 22.4 Å². The summed E-state index contributed by atoms with van der Waals surface area (Å²) >= 11 is 0. The highest BCUT2D eigenvalue weighted by molar-refractivity contribution is 6.09. The smallest absolute Gasteiger partial charge is 0.242 e. The quantitative estimate of drug-likeness (QED) is 0.209. The molecule has 0 saturated heterocycles. The third-order valence-corrected chi connectivity index (χ3v) is 7.03. The Morgan fingerprint density at radius 1 is 0.875 bits per heavy atom. The fourth-order valence-electron chi connectivity index (χ4n) is 5.23. The van der Waals surface area contributed by atoms with Crippen molar-refractivity contribution in [3.05, 3.63) is 138 Å². The molecule has 40 heavy (non-hydrogen) atoms. The molecule has 0 saturated carbocycles. The summed E-state index contributed by atoms with van der Waals surface area (Å²) in [5, 5.41) is 32.3. The van der Waals surface area contributed by atoms with Crippen molar-refractivity contribution in [3.63, 3.8) is 0 Å². The second-order valence-corrected chi connectivity index (χ2v) is 9.69. The van der Waals surface area contributed by atoms with E-state index in [1.165, 1.54) is 0 Å². The first-order valence-electron chi connectivity index (χ1n) is 13.4. The van der Waals surface area contributed by atoms with Gasteiger partial charge in [0, 0.05) is 12.7 Å². The van der Waals surface area contributed by atoms with Crippen molar-refractivity contribution in [2.24, 2.45) is 15.3 Å². The Balaban J connectivity index is 1.67. The molecule has 0 spiro atoms. The largest absolute Gasteiger partial charge is 0.392 e. The highest BCUT2D eigenvalue weighted by Gasteiger charge is 2.44. The number of likely N-dealkylation sites (N-methyl/N-ethyl adjacent to an activating group) is 1. The molecule has 2 unspecified atom stereocenters. The molecule has 0 bridgehead atoms. The molecule has 1 aromatic heterocycles. The summed E-state index contributed by atoms with van der Waals surface area (Å²) in [6, 6.07) is 34.7. The van der Waals surface area contributed by atoms with Gasteiger partial charge in [-0.3, -0.25) is 10.3 Å². The number of allylic oxidation sites excluding steroid dienone is 1. The van der Waals surface area contributed by atoms with Gasteiger partial charge in [0.05, 0.1) is 17.2 Å². The van der Waals surface area contributed by atoms with Crippen molar-refractivity contribution in [1.82, 2.24) is 20.5 Å². The molecule has 0 fully saturated rings. The van der Waals surface area contributed by atoms with Crippen LogP contribution >= 0.6 is 0 Å². The number of hydrogen-bond donors (Lipinski definition) is 2. The van der Waals surface area contributed by atoms with E-state index in [9.17, 15) is 5.11 Å². The van der Waals surface area contributed by atoms with E-state index in [2.05, 4.69) is 98.6 Å². The van der Waals surface area contributed by atoms with E-state index in [1.807, 2.05) is 42.2 Å². The lowest BCUT2D eigenvalue weighted by molar-refractivity contribution is 0.0500. The maximum Gasteiger partial charge on any atom is 0.242 e. The van der Waals surface area contributed by atoms with Gasteiger partial charge >= 0.3 is 0 Å². The van der Waals surface area contributed by atoms with Crippen molar-refractivity contribution >= 4 is 11.5 Å². The van der Waals surface area contributed by atoms with Crippen LogP contribution in [-0.4, -0.2) is 50.9 Å². The zero-order chi connectivity index (χ0) is 27.8. The molecule has 8 heteroatoms. The molecule has 1 aliphatic heterocycles. The minimum absolute atomic E-state index is 0.360. The molecule has 2 N–H and O–H groups in total. The lowest BCUT2D eigenvalue weighted by atomic mass is 9.66. The van der Waals surface area contributed by atoms with Crippen LogP contribution in [0.3, 0.4) is 0 Å². The summed E-state index contributed by atoms with van der Waals surface area (Å²) < 4.78 is 0. The molecule has 0 radical (unpaired) electrons. The van der Waals surface area contributed by atoms with Gasteiger partial charge in [-0.2, -0.15) is 10.2 Å². The zero-order valence-electron chi connectivity index (χ0n) is 22.7. The van der Waals surface area contributed by atoms with Gasteiger partial charge in [0.15, 0.2) is 5.82 Å². The minimum Gasteiger partial charge on any atom is -0.392 e. The van der Waals surface area contributed by atoms with Gasteiger partial charge in [-0.05, 0) is 54.4 Å². The van der Waals surface area contributed by atoms with Crippen LogP contribution in [-0.2, 0) is 5.41 Å². The van der Waals surface area contributed by atoms with E-state index < -0.39 is 17.3 Å². The van der Waals surface area contributed by atoms with Crippen LogP contribution < -0.4 is 5.43 Å². The van der Waals surface area contributed by atoms with Gasteiger partial charge in [0.2, 0.25) is 5.79 Å². The van der Waals surface area contributed by atoms with Gasteiger partial charge in [0.1, 0.15) is 0 Å². The average Bonchev–Trinajstić information content (AvgIpc) is 3.02. The molecule has 2 atom stereocenters. The van der Waals surface area contributed by atoms with Crippen molar-refractivity contribution < 1.29 is 5.11 Å². The molecular weight excluding hydrogens is 498 g/mol. The molecule has 8 nitrogen and oxygen atoms in total. The lowest BCUT2D eigenvalue weighted by Gasteiger charge is -2.42. The molecular formula is C32H33N7O. The first kappa shape index (κ1) is 27.1. The van der Waals surface area contributed by atoms with Crippen molar-refractivity contribution in [2.45, 2.75) is 31.2 Å². The fraction of sp³-hybridized carbons (Fsp3) is 0.219. The van der Waals surface area contributed by atoms with Gasteiger partial charge < -0.3 is 5.11 Å². The van der Waals surface area contributed by atoms with Gasteiger partial charge in [-0.1, -0.05) is 97.9 Å². The standard InChI is InChI=1S/C32H33N7O/c1-3-39(24-25(2)40)31(38-36-30-20-13-23-33-35-30)22-21-29(34-37-31)32(26-14-7-4-8-15-26,27-16-9-5-10-17-27)28-18-11-6-12-19-28/h4-23,25,37,40H,3,24H2,1-2H3. The summed E-state index contributed by atoms with van der Waals surface area (Å²) in [5.41, 5.74) is 6.68. The second-order valence-electron chi connectivity index (χ2n) is 9.69. The van der Waals surface area contributed by atoms with Crippen LogP contribution in [0.25, 0.3) is 0 Å². The Bertz CT molecular complexity index is 1360. The van der Waals surface area contributed by atoms with Crippen molar-refractivity contribution in [3.8, 4) is 0 Å². The van der Waals surface area contributed by atoms with Crippen molar-refractivity contribution in [1.29, 1.82) is 0 Å². The highest BCUT2D eigenvalue weighted by atomic mass is 16.3. The van der Waals surface area contributed by atoms with Crippen LogP contribution in [0.15, 0.2) is 137 Å². The Kier molecular flexibility index (Phi) is 8.19. The number of aliphatic hydroxyl groups is 1. The second kappa shape index (κ2) is 12.1. The molecule has 3 aromatic carbocycles. The maximum atomic E-state index is 10.3. The Morgan fingerprint density at radius 3 is 1.88 bits per heavy atom. The third-order valence-electron chi connectivity index (χ3n) is 7.03. The summed E-state index contributed by atoms with van der Waals surface area (Å²) in [6.45, 7) is 4.72. The molecule has 0 amide bonds. The SMILES string of the molecule is CCN(CC(C)O)C1(N=Nc2cccnn2)C=CC(C(c2ccccc2)(c2ccccc2)c2ccccc2)=NN1. The molecule has 0 aliphatic carbocycles. The highest BCUT2D eigenvalue weighted by Crippen LogP contribution is 2.42. The average molecular weight is 532 g/mol. The first-order valence-corrected chi connectivity index (χ1v) is 13.4. The fourth-order valence-corrected chi connectivity index (χ4v) is 5.23. The normalized spacial score (nSPS) is 17.9. The number of benzene rings is 3. The molecule has 2 heterocycles. The van der Waals surface area contributed by atoms with E-state index >= 15 is 0 Å². The first-order chi connectivity index (χ1) is 19.6. The van der Waals surface area contributed by atoms with E-state index in [1.54, 1.807) is 25.3 Å².